The van der Waals surface area contributed by atoms with Gasteiger partial charge in [0, 0.05) is 16.7 Å². The van der Waals surface area contributed by atoms with Crippen LogP contribution >= 0.6 is 0 Å². The van der Waals surface area contributed by atoms with E-state index in [-0.39, 0.29) is 17.7 Å². The quantitative estimate of drug-likeness (QED) is 0.826. The van der Waals surface area contributed by atoms with E-state index >= 15 is 0 Å². The van der Waals surface area contributed by atoms with Crippen LogP contribution in [0.3, 0.4) is 0 Å². The first-order chi connectivity index (χ1) is 13.6. The van der Waals surface area contributed by atoms with E-state index in [2.05, 4.69) is 5.32 Å². The number of amides is 3. The number of rotatable bonds is 4. The Labute approximate surface area is 162 Å². The topological polar surface area (TPSA) is 75.7 Å². The maximum atomic E-state index is 12.6. The molecule has 1 N–H and O–H groups in total. The van der Waals surface area contributed by atoms with Crippen LogP contribution in [0.1, 0.15) is 36.0 Å². The van der Waals surface area contributed by atoms with E-state index in [0.717, 1.165) is 12.8 Å². The summed E-state index contributed by atoms with van der Waals surface area (Å²) in [6, 6.07) is 13.6. The predicted octanol–water partition coefficient (Wildman–Crippen LogP) is 3.69. The minimum absolute atomic E-state index is 0.231. The maximum absolute atomic E-state index is 12.6. The van der Waals surface area contributed by atoms with Crippen molar-refractivity contribution in [3.63, 3.8) is 0 Å². The molecule has 2 aliphatic rings. The van der Waals surface area contributed by atoms with Crippen LogP contribution in [-0.4, -0.2) is 24.8 Å². The molecule has 2 aromatic carbocycles. The summed E-state index contributed by atoms with van der Waals surface area (Å²) < 4.78 is 5.24. The maximum Gasteiger partial charge on any atom is 0.261 e. The molecule has 0 unspecified atom stereocenters. The Hall–Kier alpha value is -3.41. The average Bonchev–Trinajstić information content (AvgIpc) is 2.99. The average molecular weight is 376 g/mol. The summed E-state index contributed by atoms with van der Waals surface area (Å²) in [5.41, 5.74) is 2.77. The smallest absolute Gasteiger partial charge is 0.261 e. The number of nitrogens with one attached hydrogen (secondary N) is 1. The lowest BCUT2D eigenvalue weighted by Crippen LogP contribution is -2.31. The van der Waals surface area contributed by atoms with Gasteiger partial charge in [-0.1, -0.05) is 12.1 Å². The third-order valence-electron chi connectivity index (χ3n) is 5.13. The van der Waals surface area contributed by atoms with Crippen LogP contribution in [0, 0.1) is 0 Å². The van der Waals surface area contributed by atoms with Crippen molar-refractivity contribution in [1.82, 2.24) is 0 Å². The second kappa shape index (κ2) is 7.31. The van der Waals surface area contributed by atoms with Gasteiger partial charge in [-0.3, -0.25) is 14.4 Å². The van der Waals surface area contributed by atoms with E-state index in [1.807, 2.05) is 6.07 Å². The molecule has 3 amide bonds. The Balaban J connectivity index is 1.52. The number of imide groups is 1. The Morgan fingerprint density at radius 2 is 1.54 bits per heavy atom. The molecule has 0 fully saturated rings. The summed E-state index contributed by atoms with van der Waals surface area (Å²) in [6.07, 6.45) is 3.20. The van der Waals surface area contributed by atoms with Crippen molar-refractivity contribution >= 4 is 29.1 Å². The van der Waals surface area contributed by atoms with E-state index in [1.54, 1.807) is 42.5 Å². The van der Waals surface area contributed by atoms with E-state index in [4.69, 9.17) is 4.74 Å². The van der Waals surface area contributed by atoms with Crippen LogP contribution < -0.4 is 15.0 Å². The highest BCUT2D eigenvalue weighted by Gasteiger charge is 2.39. The van der Waals surface area contributed by atoms with Gasteiger partial charge in [0.2, 0.25) is 0 Å². The van der Waals surface area contributed by atoms with Crippen molar-refractivity contribution in [2.45, 2.75) is 25.7 Å². The fourth-order valence-corrected chi connectivity index (χ4v) is 3.68. The summed E-state index contributed by atoms with van der Waals surface area (Å²) in [5.74, 6) is -0.193. The second-order valence-electron chi connectivity index (χ2n) is 6.81. The number of ether oxygens (including phenoxy) is 1. The predicted molar refractivity (Wildman–Crippen MR) is 105 cm³/mol. The number of carbonyl (C=O) groups excluding carboxylic acids is 3. The van der Waals surface area contributed by atoms with Crippen molar-refractivity contribution in [3.8, 4) is 5.75 Å². The largest absolute Gasteiger partial charge is 0.495 e. The van der Waals surface area contributed by atoms with Crippen molar-refractivity contribution in [3.05, 3.63) is 65.2 Å². The van der Waals surface area contributed by atoms with Crippen LogP contribution in [0.4, 0.5) is 11.4 Å². The molecular formula is C22H20N2O4. The van der Waals surface area contributed by atoms with Crippen LogP contribution in [0.15, 0.2) is 59.7 Å². The van der Waals surface area contributed by atoms with Crippen molar-refractivity contribution in [1.29, 1.82) is 0 Å². The van der Waals surface area contributed by atoms with Gasteiger partial charge in [-0.05, 0) is 62.1 Å². The van der Waals surface area contributed by atoms with Gasteiger partial charge in [0.15, 0.2) is 0 Å². The Kier molecular flexibility index (Phi) is 4.69. The molecule has 0 aromatic heterocycles. The van der Waals surface area contributed by atoms with Gasteiger partial charge in [0.05, 0.1) is 18.5 Å². The molecule has 142 valence electrons. The fraction of sp³-hybridized carbons (Fsp3) is 0.227. The molecule has 0 atom stereocenters. The first-order valence-corrected chi connectivity index (χ1v) is 9.25. The zero-order valence-corrected chi connectivity index (χ0v) is 15.5. The zero-order chi connectivity index (χ0) is 19.7. The molecule has 1 aliphatic heterocycles. The highest BCUT2D eigenvalue weighted by Crippen LogP contribution is 2.35. The summed E-state index contributed by atoms with van der Waals surface area (Å²) in [5, 5.41) is 2.81. The minimum Gasteiger partial charge on any atom is -0.495 e. The highest BCUT2D eigenvalue weighted by atomic mass is 16.5. The second-order valence-corrected chi connectivity index (χ2v) is 6.81. The number of methoxy groups -OCH3 is 1. The molecule has 1 heterocycles. The number of carbonyl (C=O) groups is 3. The lowest BCUT2D eigenvalue weighted by atomic mass is 9.93. The van der Waals surface area contributed by atoms with Crippen LogP contribution in [-0.2, 0) is 9.59 Å². The van der Waals surface area contributed by atoms with Gasteiger partial charge in [0.1, 0.15) is 5.75 Å². The number of nitrogens with zero attached hydrogens (tertiary/aromatic N) is 1. The molecule has 1 aliphatic carbocycles. The fourth-order valence-electron chi connectivity index (χ4n) is 3.68. The summed E-state index contributed by atoms with van der Waals surface area (Å²) in [4.78, 5) is 39.0. The standard InChI is InChI=1S/C22H20N2O4/c1-28-19-9-5-4-8-18(19)23-20(25)14-10-12-15(13-11-14)24-21(26)16-6-2-3-7-17(16)22(24)27/h4-5,8-13H,2-3,6-7H2,1H3,(H,23,25). The van der Waals surface area contributed by atoms with Gasteiger partial charge >= 0.3 is 0 Å². The first kappa shape index (κ1) is 18.0. The molecule has 0 radical (unpaired) electrons. The lowest BCUT2D eigenvalue weighted by Gasteiger charge is -2.15. The summed E-state index contributed by atoms with van der Waals surface area (Å²) in [7, 11) is 1.54. The van der Waals surface area contributed by atoms with Crippen LogP contribution in [0.25, 0.3) is 0 Å². The van der Waals surface area contributed by atoms with E-state index in [1.165, 1.54) is 12.0 Å². The molecule has 6 nitrogen and oxygen atoms in total. The normalized spacial score (nSPS) is 16.2. The molecule has 4 rings (SSSR count). The summed E-state index contributed by atoms with van der Waals surface area (Å²) in [6.45, 7) is 0. The Bertz CT molecular complexity index is 964. The molecule has 0 saturated carbocycles. The molecule has 2 aromatic rings. The van der Waals surface area contributed by atoms with Gasteiger partial charge < -0.3 is 10.1 Å². The Morgan fingerprint density at radius 3 is 2.14 bits per heavy atom. The molecule has 28 heavy (non-hydrogen) atoms. The Morgan fingerprint density at radius 1 is 0.929 bits per heavy atom. The van der Waals surface area contributed by atoms with E-state index < -0.39 is 0 Å². The summed E-state index contributed by atoms with van der Waals surface area (Å²) >= 11 is 0. The van der Waals surface area contributed by atoms with Crippen molar-refractivity contribution in [2.24, 2.45) is 0 Å². The number of para-hydroxylation sites is 2. The highest BCUT2D eigenvalue weighted by molar-refractivity contribution is 6.33. The molecule has 0 saturated heterocycles. The van der Waals surface area contributed by atoms with Crippen molar-refractivity contribution < 1.29 is 19.1 Å². The molecular weight excluding hydrogens is 356 g/mol. The number of hydrogen-bond acceptors (Lipinski definition) is 4. The van der Waals surface area contributed by atoms with Gasteiger partial charge in [0.25, 0.3) is 17.7 Å². The van der Waals surface area contributed by atoms with Gasteiger partial charge in [-0.15, -0.1) is 0 Å². The monoisotopic (exact) mass is 376 g/mol. The molecule has 0 spiro atoms. The third-order valence-corrected chi connectivity index (χ3v) is 5.13. The van der Waals surface area contributed by atoms with E-state index in [0.29, 0.717) is 46.7 Å². The van der Waals surface area contributed by atoms with Crippen LogP contribution in [0.5, 0.6) is 5.75 Å². The third kappa shape index (κ3) is 3.07. The molecule has 0 bridgehead atoms. The first-order valence-electron chi connectivity index (χ1n) is 9.25. The SMILES string of the molecule is COc1ccccc1NC(=O)c1ccc(N2C(=O)C3=C(CCCC3)C2=O)cc1. The van der Waals surface area contributed by atoms with Crippen LogP contribution in [0.2, 0.25) is 0 Å². The van der Waals surface area contributed by atoms with Crippen molar-refractivity contribution in [2.75, 3.05) is 17.3 Å². The van der Waals surface area contributed by atoms with Gasteiger partial charge in [-0.25, -0.2) is 4.90 Å². The number of benzene rings is 2. The lowest BCUT2D eigenvalue weighted by molar-refractivity contribution is -0.120. The molecule has 6 heteroatoms. The minimum atomic E-state index is -0.299. The number of anilines is 2. The van der Waals surface area contributed by atoms with Gasteiger partial charge in [-0.2, -0.15) is 0 Å². The van der Waals surface area contributed by atoms with E-state index in [9.17, 15) is 14.4 Å². The number of hydrogen-bond donors (Lipinski definition) is 1. The zero-order valence-electron chi connectivity index (χ0n) is 15.5.